The van der Waals surface area contributed by atoms with Crippen molar-refractivity contribution < 1.29 is 14.6 Å². The average molecular weight is 210 g/mol. The predicted octanol–water partition coefficient (Wildman–Crippen LogP) is 0.955. The SMILES string of the molecule is COc1ncccc1C(N)CCC(=O)O. The van der Waals surface area contributed by atoms with Crippen LogP contribution in [-0.2, 0) is 4.79 Å². The van der Waals surface area contributed by atoms with Crippen molar-refractivity contribution in [3.05, 3.63) is 23.9 Å². The molecule has 0 radical (unpaired) electrons. The third-order valence-electron chi connectivity index (χ3n) is 2.06. The zero-order chi connectivity index (χ0) is 11.3. The monoisotopic (exact) mass is 210 g/mol. The van der Waals surface area contributed by atoms with Crippen molar-refractivity contribution in [1.29, 1.82) is 0 Å². The molecule has 1 aromatic heterocycles. The number of aromatic nitrogens is 1. The zero-order valence-corrected chi connectivity index (χ0v) is 8.51. The number of carboxylic acids is 1. The summed E-state index contributed by atoms with van der Waals surface area (Å²) in [6.07, 6.45) is 2.02. The van der Waals surface area contributed by atoms with Crippen LogP contribution >= 0.6 is 0 Å². The summed E-state index contributed by atoms with van der Waals surface area (Å²) in [4.78, 5) is 14.4. The number of methoxy groups -OCH3 is 1. The van der Waals surface area contributed by atoms with Crippen LogP contribution in [0.3, 0.4) is 0 Å². The molecule has 0 aliphatic carbocycles. The van der Waals surface area contributed by atoms with Gasteiger partial charge in [-0.1, -0.05) is 6.07 Å². The Kier molecular flexibility index (Phi) is 4.05. The average Bonchev–Trinajstić information content (AvgIpc) is 2.25. The summed E-state index contributed by atoms with van der Waals surface area (Å²) < 4.78 is 5.03. The minimum absolute atomic E-state index is 0.0409. The second-order valence-corrected chi connectivity index (χ2v) is 3.14. The topological polar surface area (TPSA) is 85.4 Å². The first kappa shape index (κ1) is 11.5. The van der Waals surface area contributed by atoms with Crippen molar-refractivity contribution in [1.82, 2.24) is 4.98 Å². The van der Waals surface area contributed by atoms with Crippen molar-refractivity contribution in [2.75, 3.05) is 7.11 Å². The maximum atomic E-state index is 10.4. The number of aliphatic carboxylic acids is 1. The highest BCUT2D eigenvalue weighted by atomic mass is 16.5. The van der Waals surface area contributed by atoms with Crippen molar-refractivity contribution in [3.63, 3.8) is 0 Å². The Morgan fingerprint density at radius 3 is 3.07 bits per heavy atom. The van der Waals surface area contributed by atoms with Crippen LogP contribution in [0.2, 0.25) is 0 Å². The number of nitrogens with two attached hydrogens (primary N) is 1. The summed E-state index contributed by atoms with van der Waals surface area (Å²) in [6.45, 7) is 0. The highest BCUT2D eigenvalue weighted by molar-refractivity contribution is 5.66. The maximum absolute atomic E-state index is 10.4. The summed E-state index contributed by atoms with van der Waals surface area (Å²) in [5, 5.41) is 8.53. The van der Waals surface area contributed by atoms with Crippen LogP contribution in [0, 0.1) is 0 Å². The van der Waals surface area contributed by atoms with E-state index in [4.69, 9.17) is 15.6 Å². The highest BCUT2D eigenvalue weighted by Gasteiger charge is 2.13. The third-order valence-corrected chi connectivity index (χ3v) is 2.06. The molecule has 0 aromatic carbocycles. The Morgan fingerprint density at radius 1 is 1.73 bits per heavy atom. The number of ether oxygens (including phenoxy) is 1. The fraction of sp³-hybridized carbons (Fsp3) is 0.400. The van der Waals surface area contributed by atoms with Gasteiger partial charge in [0.05, 0.1) is 7.11 Å². The van der Waals surface area contributed by atoms with Gasteiger partial charge in [0.25, 0.3) is 0 Å². The van der Waals surface area contributed by atoms with Crippen LogP contribution in [0.1, 0.15) is 24.4 Å². The van der Waals surface area contributed by atoms with Crippen LogP contribution in [0.15, 0.2) is 18.3 Å². The Balaban J connectivity index is 2.72. The van der Waals surface area contributed by atoms with Gasteiger partial charge in [-0.15, -0.1) is 0 Å². The third kappa shape index (κ3) is 3.21. The molecule has 82 valence electrons. The van der Waals surface area contributed by atoms with Gasteiger partial charge in [0.15, 0.2) is 0 Å². The number of hydrogen-bond donors (Lipinski definition) is 2. The number of pyridine rings is 1. The van der Waals surface area contributed by atoms with E-state index >= 15 is 0 Å². The van der Waals surface area contributed by atoms with E-state index in [1.807, 2.05) is 0 Å². The van der Waals surface area contributed by atoms with E-state index in [0.717, 1.165) is 5.56 Å². The van der Waals surface area contributed by atoms with E-state index < -0.39 is 5.97 Å². The second kappa shape index (κ2) is 5.31. The van der Waals surface area contributed by atoms with E-state index in [1.165, 1.54) is 7.11 Å². The highest BCUT2D eigenvalue weighted by Crippen LogP contribution is 2.23. The molecule has 1 unspecified atom stereocenters. The number of nitrogens with zero attached hydrogens (tertiary/aromatic N) is 1. The maximum Gasteiger partial charge on any atom is 0.303 e. The molecule has 15 heavy (non-hydrogen) atoms. The lowest BCUT2D eigenvalue weighted by Gasteiger charge is -2.13. The van der Waals surface area contributed by atoms with Crippen molar-refractivity contribution >= 4 is 5.97 Å². The van der Waals surface area contributed by atoms with Crippen LogP contribution in [0.25, 0.3) is 0 Å². The Bertz CT molecular complexity index is 341. The second-order valence-electron chi connectivity index (χ2n) is 3.14. The number of carboxylic acid groups (broad SMARTS) is 1. The molecule has 0 amide bonds. The van der Waals surface area contributed by atoms with Gasteiger partial charge in [-0.2, -0.15) is 0 Å². The summed E-state index contributed by atoms with van der Waals surface area (Å²) in [5.74, 6) is -0.399. The van der Waals surface area contributed by atoms with Gasteiger partial charge in [0, 0.05) is 24.2 Å². The molecule has 1 aromatic rings. The molecule has 0 aliphatic heterocycles. The van der Waals surface area contributed by atoms with Crippen LogP contribution in [-0.4, -0.2) is 23.2 Å². The van der Waals surface area contributed by atoms with Crippen LogP contribution in [0.4, 0.5) is 0 Å². The first-order valence-electron chi connectivity index (χ1n) is 4.61. The molecule has 1 heterocycles. The largest absolute Gasteiger partial charge is 0.481 e. The van der Waals surface area contributed by atoms with Gasteiger partial charge < -0.3 is 15.6 Å². The Morgan fingerprint density at radius 2 is 2.47 bits per heavy atom. The molecule has 0 bridgehead atoms. The quantitative estimate of drug-likeness (QED) is 0.755. The van der Waals surface area contributed by atoms with Gasteiger partial charge >= 0.3 is 5.97 Å². The summed E-state index contributed by atoms with van der Waals surface area (Å²) >= 11 is 0. The lowest BCUT2D eigenvalue weighted by molar-refractivity contribution is -0.137. The van der Waals surface area contributed by atoms with Crippen molar-refractivity contribution in [3.8, 4) is 5.88 Å². The first-order valence-corrected chi connectivity index (χ1v) is 4.61. The number of rotatable bonds is 5. The van der Waals surface area contributed by atoms with Crippen molar-refractivity contribution in [2.24, 2.45) is 5.73 Å². The molecule has 0 saturated carbocycles. The lowest BCUT2D eigenvalue weighted by atomic mass is 10.0. The van der Waals surface area contributed by atoms with E-state index in [9.17, 15) is 4.79 Å². The molecule has 0 saturated heterocycles. The smallest absolute Gasteiger partial charge is 0.303 e. The lowest BCUT2D eigenvalue weighted by Crippen LogP contribution is -2.13. The molecular formula is C10H14N2O3. The fourth-order valence-corrected chi connectivity index (χ4v) is 1.29. The number of carbonyl (C=O) groups is 1. The molecule has 1 rings (SSSR count). The van der Waals surface area contributed by atoms with Gasteiger partial charge in [0.1, 0.15) is 0 Å². The van der Waals surface area contributed by atoms with E-state index in [-0.39, 0.29) is 12.5 Å². The normalized spacial score (nSPS) is 12.1. The minimum Gasteiger partial charge on any atom is -0.481 e. The molecule has 0 spiro atoms. The molecule has 0 aliphatic rings. The predicted molar refractivity (Wildman–Crippen MR) is 54.6 cm³/mol. The molecular weight excluding hydrogens is 196 g/mol. The van der Waals surface area contributed by atoms with Gasteiger partial charge in [-0.25, -0.2) is 4.98 Å². The van der Waals surface area contributed by atoms with E-state index in [1.54, 1.807) is 18.3 Å². The molecule has 3 N–H and O–H groups in total. The van der Waals surface area contributed by atoms with Crippen LogP contribution in [0.5, 0.6) is 5.88 Å². The molecule has 0 fully saturated rings. The molecule has 5 heteroatoms. The summed E-state index contributed by atoms with van der Waals surface area (Å²) in [5.41, 5.74) is 6.57. The number of hydrogen-bond acceptors (Lipinski definition) is 4. The van der Waals surface area contributed by atoms with Crippen molar-refractivity contribution in [2.45, 2.75) is 18.9 Å². The summed E-state index contributed by atoms with van der Waals surface area (Å²) in [6, 6.07) is 3.18. The molecule has 5 nitrogen and oxygen atoms in total. The van der Waals surface area contributed by atoms with Gasteiger partial charge in [-0.3, -0.25) is 4.79 Å². The van der Waals surface area contributed by atoms with E-state index in [0.29, 0.717) is 12.3 Å². The van der Waals surface area contributed by atoms with E-state index in [2.05, 4.69) is 4.98 Å². The zero-order valence-electron chi connectivity index (χ0n) is 8.51. The first-order chi connectivity index (χ1) is 7.15. The van der Waals surface area contributed by atoms with Gasteiger partial charge in [-0.05, 0) is 12.5 Å². The van der Waals surface area contributed by atoms with Gasteiger partial charge in [0.2, 0.25) is 5.88 Å². The summed E-state index contributed by atoms with van der Waals surface area (Å²) in [7, 11) is 1.51. The molecule has 1 atom stereocenters. The van der Waals surface area contributed by atoms with Crippen LogP contribution < -0.4 is 10.5 Å². The minimum atomic E-state index is -0.853. The fourth-order valence-electron chi connectivity index (χ4n) is 1.29. The Hall–Kier alpha value is -1.62. The Labute approximate surface area is 87.9 Å². The standard InChI is InChI=1S/C10H14N2O3/c1-15-10-7(3-2-6-12-10)8(11)4-5-9(13)14/h2-3,6,8H,4-5,11H2,1H3,(H,13,14).